The highest BCUT2D eigenvalue weighted by molar-refractivity contribution is 5.81. The first-order valence-electron chi connectivity index (χ1n) is 8.72. The van der Waals surface area contributed by atoms with Gasteiger partial charge in [-0.15, -0.1) is 0 Å². The third-order valence-corrected chi connectivity index (χ3v) is 4.19. The van der Waals surface area contributed by atoms with Crippen LogP contribution in [0.3, 0.4) is 0 Å². The molecule has 2 N–H and O–H groups in total. The average Bonchev–Trinajstić information content (AvgIpc) is 3.16. The van der Waals surface area contributed by atoms with Crippen LogP contribution in [0.2, 0.25) is 0 Å². The van der Waals surface area contributed by atoms with E-state index in [9.17, 15) is 4.39 Å². The van der Waals surface area contributed by atoms with Gasteiger partial charge in [-0.2, -0.15) is 14.4 Å². The Balaban J connectivity index is 1.99. The number of nitrogens with zero attached hydrogens (tertiary/aromatic N) is 4. The molecule has 1 aliphatic rings. The number of imidazole rings is 1. The monoisotopic (exact) mass is 369 g/mol. The zero-order chi connectivity index (χ0) is 18.7. The molecule has 3 heterocycles. The molecule has 0 aliphatic carbocycles. The Morgan fingerprint density at radius 3 is 2.58 bits per heavy atom. The van der Waals surface area contributed by atoms with Gasteiger partial charge in [0.25, 0.3) is 0 Å². The van der Waals surface area contributed by atoms with Gasteiger partial charge in [0.05, 0.1) is 12.9 Å². The van der Waals surface area contributed by atoms with E-state index in [1.165, 1.54) is 6.33 Å². The molecule has 9 nitrogen and oxygen atoms in total. The van der Waals surface area contributed by atoms with Gasteiger partial charge < -0.3 is 24.7 Å². The Morgan fingerprint density at radius 1 is 1.15 bits per heavy atom. The maximum atomic E-state index is 13.7. The second-order valence-electron chi connectivity index (χ2n) is 5.77. The molecule has 26 heavy (non-hydrogen) atoms. The lowest BCUT2D eigenvalue weighted by Gasteiger charge is -2.24. The summed E-state index contributed by atoms with van der Waals surface area (Å²) in [5.41, 5.74) is 6.31. The van der Waals surface area contributed by atoms with Crippen molar-refractivity contribution in [1.82, 2.24) is 19.5 Å². The molecule has 4 atom stereocenters. The smallest absolute Gasteiger partial charge is 0.312 e. The van der Waals surface area contributed by atoms with Crippen LogP contribution in [0.5, 0.6) is 0 Å². The van der Waals surface area contributed by atoms with Crippen molar-refractivity contribution < 1.29 is 23.3 Å². The normalized spacial score (nSPS) is 26.0. The van der Waals surface area contributed by atoms with Crippen molar-refractivity contribution >= 4 is 17.0 Å². The van der Waals surface area contributed by atoms with Crippen LogP contribution >= 0.6 is 0 Å². The minimum absolute atomic E-state index is 0.0237. The highest BCUT2D eigenvalue weighted by atomic mass is 19.1. The molecule has 0 bridgehead atoms. The number of fused-ring (bicyclic) bond motifs is 1. The molecule has 1 aliphatic heterocycles. The largest absolute Gasteiger partial charge is 0.382 e. The minimum atomic E-state index is -0.921. The number of nitrogen functional groups attached to an aromatic ring is 1. The van der Waals surface area contributed by atoms with E-state index in [4.69, 9.17) is 24.7 Å². The van der Waals surface area contributed by atoms with Crippen molar-refractivity contribution in [3.05, 3.63) is 12.4 Å². The molecule has 0 amide bonds. The molecule has 2 aromatic heterocycles. The van der Waals surface area contributed by atoms with E-state index in [1.807, 2.05) is 20.8 Å². The second-order valence-corrected chi connectivity index (χ2v) is 5.77. The van der Waals surface area contributed by atoms with Gasteiger partial charge >= 0.3 is 6.08 Å². The van der Waals surface area contributed by atoms with Crippen LogP contribution in [0.1, 0.15) is 27.0 Å². The summed E-state index contributed by atoms with van der Waals surface area (Å²) in [7, 11) is 0. The van der Waals surface area contributed by atoms with Crippen LogP contribution in [-0.2, 0) is 18.9 Å². The van der Waals surface area contributed by atoms with Gasteiger partial charge in [0.1, 0.15) is 18.3 Å². The fraction of sp³-hybridized carbons (Fsp3) is 0.688. The first-order valence-corrected chi connectivity index (χ1v) is 8.72. The van der Waals surface area contributed by atoms with E-state index in [1.54, 1.807) is 4.57 Å². The Bertz CT molecular complexity index is 743. The van der Waals surface area contributed by atoms with Gasteiger partial charge in [-0.05, 0) is 20.8 Å². The van der Waals surface area contributed by atoms with E-state index >= 15 is 0 Å². The third-order valence-electron chi connectivity index (χ3n) is 4.19. The van der Waals surface area contributed by atoms with Gasteiger partial charge in [-0.1, -0.05) is 0 Å². The van der Waals surface area contributed by atoms with E-state index < -0.39 is 18.4 Å². The zero-order valence-electron chi connectivity index (χ0n) is 15.1. The number of nitrogens with two attached hydrogens (primary N) is 1. The Morgan fingerprint density at radius 2 is 1.88 bits per heavy atom. The van der Waals surface area contributed by atoms with Gasteiger partial charge in [-0.3, -0.25) is 4.57 Å². The summed E-state index contributed by atoms with van der Waals surface area (Å²) < 4.78 is 38.7. The van der Waals surface area contributed by atoms with Gasteiger partial charge in [0.2, 0.25) is 0 Å². The van der Waals surface area contributed by atoms with E-state index in [-0.39, 0.29) is 23.7 Å². The maximum absolute atomic E-state index is 13.7. The van der Waals surface area contributed by atoms with Crippen LogP contribution in [0.15, 0.2) is 6.33 Å². The molecule has 0 radical (unpaired) electrons. The number of hydrogen-bond acceptors (Lipinski definition) is 8. The topological polar surface area (TPSA) is 107 Å². The molecule has 1 saturated heterocycles. The fourth-order valence-corrected chi connectivity index (χ4v) is 3.16. The molecule has 0 saturated carbocycles. The van der Waals surface area contributed by atoms with Crippen LogP contribution < -0.4 is 5.73 Å². The first kappa shape index (κ1) is 18.9. The molecule has 0 spiro atoms. The summed E-state index contributed by atoms with van der Waals surface area (Å²) in [5, 5.41) is 0. The number of halogens is 1. The van der Waals surface area contributed by atoms with E-state index in [0.29, 0.717) is 31.9 Å². The molecule has 0 aromatic carbocycles. The number of aromatic nitrogens is 4. The van der Waals surface area contributed by atoms with Crippen LogP contribution in [0.25, 0.3) is 11.2 Å². The van der Waals surface area contributed by atoms with Crippen LogP contribution in [0.4, 0.5) is 10.2 Å². The predicted molar refractivity (Wildman–Crippen MR) is 90.9 cm³/mol. The average molecular weight is 369 g/mol. The lowest BCUT2D eigenvalue weighted by Crippen LogP contribution is -2.38. The molecule has 1 fully saturated rings. The number of anilines is 1. The lowest BCUT2D eigenvalue weighted by atomic mass is 10.1. The van der Waals surface area contributed by atoms with Crippen LogP contribution in [0, 0.1) is 6.08 Å². The summed E-state index contributed by atoms with van der Waals surface area (Å²) in [6.07, 6.45) is -1.12. The van der Waals surface area contributed by atoms with Gasteiger partial charge in [0.15, 0.2) is 23.2 Å². The standard InChI is InChI=1S/C16H24FN5O4/c1-4-23-7-9-11(24-5-2)12(25-6-3)15(26-9)22-8-19-10-13(18)20-16(17)21-14(10)22/h8-9,11-12,15H,4-7H2,1-3H3,(H2,18,20,21)/t9-,11-,12+,15-/m0/s1. The summed E-state index contributed by atoms with van der Waals surface area (Å²) in [6, 6.07) is 0. The number of ether oxygens (including phenoxy) is 4. The second kappa shape index (κ2) is 8.21. The van der Waals surface area contributed by atoms with Crippen molar-refractivity contribution in [3.63, 3.8) is 0 Å². The molecular weight excluding hydrogens is 345 g/mol. The van der Waals surface area contributed by atoms with E-state index in [0.717, 1.165) is 0 Å². The first-order chi connectivity index (χ1) is 12.6. The summed E-state index contributed by atoms with van der Waals surface area (Å²) in [4.78, 5) is 11.5. The third kappa shape index (κ3) is 3.50. The molecule has 2 aromatic rings. The molecule has 3 rings (SSSR count). The van der Waals surface area contributed by atoms with Gasteiger partial charge in [0, 0.05) is 19.8 Å². The lowest BCUT2D eigenvalue weighted by molar-refractivity contribution is -0.0732. The van der Waals surface area contributed by atoms with Gasteiger partial charge in [-0.25, -0.2) is 4.98 Å². The number of hydrogen-bond donors (Lipinski definition) is 1. The fourth-order valence-electron chi connectivity index (χ4n) is 3.16. The summed E-state index contributed by atoms with van der Waals surface area (Å²) in [5.74, 6) is -0.0237. The van der Waals surface area contributed by atoms with Crippen molar-refractivity contribution in [3.8, 4) is 0 Å². The Labute approximate surface area is 150 Å². The zero-order valence-corrected chi connectivity index (χ0v) is 15.1. The predicted octanol–water partition coefficient (Wildman–Crippen LogP) is 1.29. The molecular formula is C16H24FN5O4. The molecule has 144 valence electrons. The van der Waals surface area contributed by atoms with Crippen molar-refractivity contribution in [2.45, 2.75) is 45.3 Å². The number of rotatable bonds is 8. The van der Waals surface area contributed by atoms with Crippen molar-refractivity contribution in [2.75, 3.05) is 32.2 Å². The summed E-state index contributed by atoms with van der Waals surface area (Å²) in [6.45, 7) is 7.60. The molecule has 10 heteroatoms. The van der Waals surface area contributed by atoms with Crippen molar-refractivity contribution in [2.24, 2.45) is 0 Å². The summed E-state index contributed by atoms with van der Waals surface area (Å²) >= 11 is 0. The maximum Gasteiger partial charge on any atom is 0.312 e. The Hall–Kier alpha value is -1.88. The van der Waals surface area contributed by atoms with Crippen LogP contribution in [-0.4, -0.2) is 64.3 Å². The minimum Gasteiger partial charge on any atom is -0.382 e. The SMILES string of the molecule is CCOC[C@@H]1O[C@H](n2cnc3c(N)nc(F)nc32)[C@H](OCC)[C@H]1OCC. The molecule has 0 unspecified atom stereocenters. The highest BCUT2D eigenvalue weighted by Gasteiger charge is 2.47. The Kier molecular flexibility index (Phi) is 5.97. The van der Waals surface area contributed by atoms with Crippen molar-refractivity contribution in [1.29, 1.82) is 0 Å². The quantitative estimate of drug-likeness (QED) is 0.694. The van der Waals surface area contributed by atoms with E-state index in [2.05, 4.69) is 15.0 Å². The highest BCUT2D eigenvalue weighted by Crippen LogP contribution is 2.35.